The highest BCUT2D eigenvalue weighted by Gasteiger charge is 2.22. The van der Waals surface area contributed by atoms with E-state index in [9.17, 15) is 19.0 Å². The lowest BCUT2D eigenvalue weighted by Crippen LogP contribution is -2.37. The zero-order valence-corrected chi connectivity index (χ0v) is 54.2. The summed E-state index contributed by atoms with van der Waals surface area (Å²) < 4.78 is 34.3. The number of phosphoric acid groups is 1. The SMILES string of the molecule is CCCCCCC/C=C\C/C=C\CCCCCCCCCCCCCCCCCCCC(=O)OC(COC(=O)CCCCCCCCCCCCCCCCCCCCCCCCCCCC)COP(=O)([O-])OCC[N+](C)(C)C. The molecule has 0 saturated heterocycles. The molecule has 79 heavy (non-hydrogen) atoms. The first kappa shape index (κ1) is 77.5. The molecule has 0 aliphatic rings. The van der Waals surface area contributed by atoms with Crippen LogP contribution in [0.3, 0.4) is 0 Å². The number of phosphoric ester groups is 1. The van der Waals surface area contributed by atoms with Gasteiger partial charge in [-0.15, -0.1) is 0 Å². The minimum atomic E-state index is -4.64. The van der Waals surface area contributed by atoms with Crippen LogP contribution in [0.25, 0.3) is 0 Å². The highest BCUT2D eigenvalue weighted by atomic mass is 31.2. The number of hydrogen-bond donors (Lipinski definition) is 0. The van der Waals surface area contributed by atoms with E-state index in [2.05, 4.69) is 38.2 Å². The van der Waals surface area contributed by atoms with Crippen LogP contribution in [-0.2, 0) is 32.7 Å². The van der Waals surface area contributed by atoms with Gasteiger partial charge in [0.2, 0.25) is 0 Å². The van der Waals surface area contributed by atoms with Crippen LogP contribution >= 0.6 is 7.82 Å². The summed E-state index contributed by atoms with van der Waals surface area (Å²) in [6, 6.07) is 0. The van der Waals surface area contributed by atoms with Crippen LogP contribution in [0.4, 0.5) is 0 Å². The third kappa shape index (κ3) is 65.5. The number of carbonyl (C=O) groups is 2. The van der Waals surface area contributed by atoms with Gasteiger partial charge in [0, 0.05) is 12.8 Å². The van der Waals surface area contributed by atoms with Crippen molar-refractivity contribution in [3.63, 3.8) is 0 Å². The Morgan fingerprint density at radius 1 is 0.392 bits per heavy atom. The van der Waals surface area contributed by atoms with Gasteiger partial charge in [-0.05, 0) is 44.9 Å². The van der Waals surface area contributed by atoms with E-state index in [0.29, 0.717) is 17.4 Å². The Labute approximate surface area is 491 Å². The summed E-state index contributed by atoms with van der Waals surface area (Å²) in [7, 11) is 1.19. The molecule has 0 aromatic rings. The maximum atomic E-state index is 12.9. The predicted molar refractivity (Wildman–Crippen MR) is 338 cm³/mol. The smallest absolute Gasteiger partial charge is 0.306 e. The quantitative estimate of drug-likeness (QED) is 0.0195. The fourth-order valence-electron chi connectivity index (χ4n) is 10.4. The number of ether oxygens (including phenoxy) is 2. The molecule has 2 atom stereocenters. The Hall–Kier alpha value is -1.51. The summed E-state index contributed by atoms with van der Waals surface area (Å²) in [5.41, 5.74) is 0. The lowest BCUT2D eigenvalue weighted by Gasteiger charge is -2.28. The van der Waals surface area contributed by atoms with Gasteiger partial charge in [-0.25, -0.2) is 0 Å². The zero-order chi connectivity index (χ0) is 57.7. The van der Waals surface area contributed by atoms with Crippen molar-refractivity contribution in [2.45, 2.75) is 360 Å². The minimum Gasteiger partial charge on any atom is -0.756 e. The van der Waals surface area contributed by atoms with Crippen molar-refractivity contribution in [2.75, 3.05) is 47.5 Å². The first-order valence-electron chi connectivity index (χ1n) is 34.5. The Bertz CT molecular complexity index is 1380. The normalized spacial score (nSPS) is 13.2. The average Bonchev–Trinajstić information content (AvgIpc) is 3.41. The van der Waals surface area contributed by atoms with E-state index in [0.717, 1.165) is 38.5 Å². The largest absolute Gasteiger partial charge is 0.756 e. The Morgan fingerprint density at radius 2 is 0.684 bits per heavy atom. The van der Waals surface area contributed by atoms with Gasteiger partial charge in [0.25, 0.3) is 7.82 Å². The fourth-order valence-corrected chi connectivity index (χ4v) is 11.1. The number of likely N-dealkylation sites (N-methyl/N-ethyl adjacent to an activating group) is 1. The molecule has 0 saturated carbocycles. The van der Waals surface area contributed by atoms with Gasteiger partial charge >= 0.3 is 11.9 Å². The molecular formula is C69H134NO8P. The van der Waals surface area contributed by atoms with Crippen molar-refractivity contribution in [3.05, 3.63) is 24.3 Å². The van der Waals surface area contributed by atoms with Crippen LogP contribution in [0.5, 0.6) is 0 Å². The van der Waals surface area contributed by atoms with E-state index in [1.54, 1.807) is 0 Å². The highest BCUT2D eigenvalue weighted by molar-refractivity contribution is 7.45. The first-order valence-corrected chi connectivity index (χ1v) is 36.0. The number of hydrogen-bond acceptors (Lipinski definition) is 8. The molecule has 0 aromatic carbocycles. The standard InChI is InChI=1S/C69H134NO8P/c1-6-8-10-12-14-16-18-20-22-24-26-28-30-32-34-35-36-38-40-42-44-46-48-50-52-54-56-58-60-62-69(72)78-67(66-77-79(73,74)76-64-63-70(3,4)5)65-75-68(71)61-59-57-55-53-51-49-47-45-43-41-39-37-33-31-29-27-25-23-21-19-17-15-13-11-9-7-2/h18,20,24,26,67H,6-17,19,21-23,25,27-66H2,1-5H3/b20-18-,26-24-. The van der Waals surface area contributed by atoms with Gasteiger partial charge in [-0.1, -0.05) is 321 Å². The molecule has 0 amide bonds. The topological polar surface area (TPSA) is 111 Å². The van der Waals surface area contributed by atoms with Crippen molar-refractivity contribution in [1.82, 2.24) is 0 Å². The first-order chi connectivity index (χ1) is 38.5. The summed E-state index contributed by atoms with van der Waals surface area (Å²) >= 11 is 0. The van der Waals surface area contributed by atoms with Gasteiger partial charge < -0.3 is 27.9 Å². The number of rotatable bonds is 65. The molecule has 0 spiro atoms. The van der Waals surface area contributed by atoms with E-state index in [-0.39, 0.29) is 32.0 Å². The van der Waals surface area contributed by atoms with E-state index >= 15 is 0 Å². The number of quaternary nitrogens is 1. The average molecular weight is 1140 g/mol. The van der Waals surface area contributed by atoms with Crippen molar-refractivity contribution in [3.8, 4) is 0 Å². The second-order valence-corrected chi connectivity index (χ2v) is 26.3. The lowest BCUT2D eigenvalue weighted by atomic mass is 10.0. The molecule has 0 rings (SSSR count). The summed E-state index contributed by atoms with van der Waals surface area (Å²) in [4.78, 5) is 38.0. The summed E-state index contributed by atoms with van der Waals surface area (Å²) in [6.45, 7) is 4.31. The molecular weight excluding hydrogens is 1000 g/mol. The molecule has 2 unspecified atom stereocenters. The van der Waals surface area contributed by atoms with Crippen molar-refractivity contribution >= 4 is 19.8 Å². The minimum absolute atomic E-state index is 0.0270. The van der Waals surface area contributed by atoms with Crippen molar-refractivity contribution < 1.29 is 42.1 Å². The number of unbranched alkanes of at least 4 members (excludes halogenated alkanes) is 47. The number of carbonyl (C=O) groups excluding carboxylic acids is 2. The van der Waals surface area contributed by atoms with Gasteiger partial charge in [0.15, 0.2) is 6.10 Å². The molecule has 0 bridgehead atoms. The Kier molecular flexibility index (Phi) is 59.9. The molecule has 0 aliphatic carbocycles. The molecule has 468 valence electrons. The summed E-state index contributed by atoms with van der Waals surface area (Å²) in [5.74, 6) is -0.810. The maximum absolute atomic E-state index is 12.9. The number of esters is 2. The van der Waals surface area contributed by atoms with Crippen LogP contribution in [0.15, 0.2) is 24.3 Å². The van der Waals surface area contributed by atoms with Crippen molar-refractivity contribution in [1.29, 1.82) is 0 Å². The number of nitrogens with zero attached hydrogens (tertiary/aromatic N) is 1. The molecule has 0 heterocycles. The lowest BCUT2D eigenvalue weighted by molar-refractivity contribution is -0.870. The van der Waals surface area contributed by atoms with Crippen LogP contribution < -0.4 is 4.89 Å². The van der Waals surface area contributed by atoms with Gasteiger partial charge in [0.05, 0.1) is 27.7 Å². The second kappa shape index (κ2) is 61.1. The van der Waals surface area contributed by atoms with Gasteiger partial charge in [-0.3, -0.25) is 14.2 Å². The monoisotopic (exact) mass is 1140 g/mol. The van der Waals surface area contributed by atoms with E-state index in [1.807, 2.05) is 21.1 Å². The third-order valence-corrected chi connectivity index (χ3v) is 16.7. The molecule has 0 aliphatic heterocycles. The van der Waals surface area contributed by atoms with Crippen LogP contribution in [-0.4, -0.2) is 70.0 Å². The third-order valence-electron chi connectivity index (χ3n) is 15.7. The number of allylic oxidation sites excluding steroid dienone is 4. The zero-order valence-electron chi connectivity index (χ0n) is 53.4. The second-order valence-electron chi connectivity index (χ2n) is 24.9. The molecule has 9 nitrogen and oxygen atoms in total. The highest BCUT2D eigenvalue weighted by Crippen LogP contribution is 2.38. The predicted octanol–water partition coefficient (Wildman–Crippen LogP) is 21.5. The fraction of sp³-hybridized carbons (Fsp3) is 0.913. The molecule has 0 aromatic heterocycles. The van der Waals surface area contributed by atoms with Crippen LogP contribution in [0.1, 0.15) is 354 Å². The van der Waals surface area contributed by atoms with Crippen LogP contribution in [0, 0.1) is 0 Å². The van der Waals surface area contributed by atoms with E-state index in [4.69, 9.17) is 18.5 Å². The molecule has 10 heteroatoms. The molecule has 0 fully saturated rings. The summed E-state index contributed by atoms with van der Waals surface area (Å²) in [5, 5.41) is 0. The molecule has 0 N–H and O–H groups in total. The molecule has 0 radical (unpaired) electrons. The maximum Gasteiger partial charge on any atom is 0.306 e. The van der Waals surface area contributed by atoms with E-state index < -0.39 is 26.5 Å². The summed E-state index contributed by atoms with van der Waals surface area (Å²) in [6.07, 6.45) is 75.4. The van der Waals surface area contributed by atoms with Crippen LogP contribution in [0.2, 0.25) is 0 Å². The van der Waals surface area contributed by atoms with Gasteiger partial charge in [-0.2, -0.15) is 0 Å². The Morgan fingerprint density at radius 3 is 1.00 bits per heavy atom. The van der Waals surface area contributed by atoms with E-state index in [1.165, 1.54) is 283 Å². The van der Waals surface area contributed by atoms with Crippen molar-refractivity contribution in [2.24, 2.45) is 0 Å². The Balaban J connectivity index is 4.01. The van der Waals surface area contributed by atoms with Gasteiger partial charge in [0.1, 0.15) is 19.8 Å².